The van der Waals surface area contributed by atoms with Crippen molar-refractivity contribution < 1.29 is 0 Å². The van der Waals surface area contributed by atoms with Gasteiger partial charge >= 0.3 is 0 Å². The van der Waals surface area contributed by atoms with Crippen molar-refractivity contribution in [2.24, 2.45) is 5.73 Å². The van der Waals surface area contributed by atoms with Gasteiger partial charge in [-0.2, -0.15) is 0 Å². The molecule has 0 spiro atoms. The van der Waals surface area contributed by atoms with E-state index in [2.05, 4.69) is 4.98 Å². The fraction of sp³-hybridized carbons (Fsp3) is 0.250. The van der Waals surface area contributed by atoms with Crippen LogP contribution < -0.4 is 5.73 Å². The second kappa shape index (κ2) is 5.87. The largest absolute Gasteiger partial charge is 0.323 e. The lowest BCUT2D eigenvalue weighted by atomic mass is 10.3. The van der Waals surface area contributed by atoms with Gasteiger partial charge in [0.2, 0.25) is 0 Å². The molecule has 2 N–H and O–H groups in total. The topological polar surface area (TPSA) is 38.9 Å². The quantitative estimate of drug-likeness (QED) is 0.859. The van der Waals surface area contributed by atoms with Crippen LogP contribution in [0.2, 0.25) is 5.02 Å². The van der Waals surface area contributed by atoms with Crippen LogP contribution in [-0.4, -0.2) is 4.98 Å². The summed E-state index contributed by atoms with van der Waals surface area (Å²) in [4.78, 5) is 6.70. The number of benzene rings is 1. The molecule has 2 aromatic rings. The number of aromatic nitrogens is 1. The summed E-state index contributed by atoms with van der Waals surface area (Å²) in [6.07, 6.45) is 1.87. The first kappa shape index (κ1) is 12.9. The minimum absolute atomic E-state index is 0.0711. The summed E-state index contributed by atoms with van der Waals surface area (Å²) in [5, 5.41) is 1.88. The van der Waals surface area contributed by atoms with Crippen LogP contribution in [-0.2, 0) is 5.75 Å². The Morgan fingerprint density at radius 2 is 2.12 bits per heavy atom. The molecule has 0 amide bonds. The molecule has 90 valence electrons. The van der Waals surface area contributed by atoms with E-state index in [4.69, 9.17) is 17.3 Å². The summed E-state index contributed by atoms with van der Waals surface area (Å²) in [7, 11) is 0. The Labute approximate surface area is 114 Å². The van der Waals surface area contributed by atoms with E-state index in [1.165, 1.54) is 4.90 Å². The summed E-state index contributed by atoms with van der Waals surface area (Å²) in [5.74, 6) is 0.874. The van der Waals surface area contributed by atoms with Crippen molar-refractivity contribution in [3.63, 3.8) is 0 Å². The van der Waals surface area contributed by atoms with Crippen molar-refractivity contribution in [3.8, 4) is 0 Å². The molecular formula is C12H13ClN2S2. The zero-order valence-corrected chi connectivity index (χ0v) is 11.8. The zero-order valence-electron chi connectivity index (χ0n) is 9.39. The second-order valence-electron chi connectivity index (χ2n) is 3.69. The van der Waals surface area contributed by atoms with Crippen LogP contribution in [0.25, 0.3) is 0 Å². The van der Waals surface area contributed by atoms with Crippen molar-refractivity contribution in [1.82, 2.24) is 4.98 Å². The van der Waals surface area contributed by atoms with E-state index in [0.29, 0.717) is 0 Å². The molecule has 0 aliphatic rings. The average molecular weight is 285 g/mol. The van der Waals surface area contributed by atoms with E-state index in [1.807, 2.05) is 37.4 Å². The number of rotatable bonds is 4. The molecule has 2 rings (SSSR count). The number of halogens is 1. The number of nitrogens with zero attached hydrogens (tertiary/aromatic N) is 1. The summed E-state index contributed by atoms with van der Waals surface area (Å²) in [6.45, 7) is 1.98. The molecule has 1 aromatic carbocycles. The smallest absolute Gasteiger partial charge is 0.103 e. The van der Waals surface area contributed by atoms with E-state index < -0.39 is 0 Å². The van der Waals surface area contributed by atoms with Gasteiger partial charge in [-0.15, -0.1) is 23.1 Å². The second-order valence-corrected chi connectivity index (χ2v) is 6.32. The fourth-order valence-corrected chi connectivity index (χ4v) is 3.18. The lowest BCUT2D eigenvalue weighted by Gasteiger charge is -1.99. The highest BCUT2D eigenvalue weighted by atomic mass is 35.5. The van der Waals surface area contributed by atoms with Gasteiger partial charge in [-0.05, 0) is 31.2 Å². The Morgan fingerprint density at radius 3 is 2.71 bits per heavy atom. The fourth-order valence-electron chi connectivity index (χ4n) is 1.28. The first-order valence-electron chi connectivity index (χ1n) is 5.23. The van der Waals surface area contributed by atoms with Gasteiger partial charge < -0.3 is 5.73 Å². The van der Waals surface area contributed by atoms with Crippen molar-refractivity contribution in [1.29, 1.82) is 0 Å². The molecular weight excluding hydrogens is 272 g/mol. The maximum absolute atomic E-state index is 5.83. The van der Waals surface area contributed by atoms with Gasteiger partial charge in [0, 0.05) is 27.0 Å². The first-order valence-corrected chi connectivity index (χ1v) is 7.41. The number of thiazole rings is 1. The Bertz CT molecular complexity index is 480. The van der Waals surface area contributed by atoms with Gasteiger partial charge in [0.25, 0.3) is 0 Å². The number of hydrogen-bond donors (Lipinski definition) is 1. The predicted octanol–water partition coefficient (Wildman–Crippen LogP) is 4.11. The van der Waals surface area contributed by atoms with Gasteiger partial charge in [0.05, 0.1) is 5.75 Å². The van der Waals surface area contributed by atoms with Crippen LogP contribution in [0.5, 0.6) is 0 Å². The summed E-state index contributed by atoms with van der Waals surface area (Å²) in [6, 6.07) is 7.92. The molecule has 0 aliphatic heterocycles. The molecule has 5 heteroatoms. The number of thioether (sulfide) groups is 1. The van der Waals surface area contributed by atoms with Crippen molar-refractivity contribution in [2.75, 3.05) is 0 Å². The van der Waals surface area contributed by atoms with Gasteiger partial charge in [0.15, 0.2) is 0 Å². The molecule has 1 aromatic heterocycles. The molecule has 2 nitrogen and oxygen atoms in total. The van der Waals surface area contributed by atoms with Crippen molar-refractivity contribution >= 4 is 34.7 Å². The minimum atomic E-state index is 0.0711. The van der Waals surface area contributed by atoms with Gasteiger partial charge in [-0.25, -0.2) is 4.98 Å². The predicted molar refractivity (Wildman–Crippen MR) is 75.7 cm³/mol. The molecule has 17 heavy (non-hydrogen) atoms. The highest BCUT2D eigenvalue weighted by Gasteiger charge is 2.06. The van der Waals surface area contributed by atoms with Crippen LogP contribution in [0.3, 0.4) is 0 Å². The molecule has 0 saturated heterocycles. The molecule has 0 saturated carbocycles. The van der Waals surface area contributed by atoms with Crippen LogP contribution >= 0.6 is 34.7 Å². The Kier molecular flexibility index (Phi) is 4.45. The number of hydrogen-bond acceptors (Lipinski definition) is 4. The van der Waals surface area contributed by atoms with Crippen LogP contribution in [0.15, 0.2) is 35.4 Å². The lowest BCUT2D eigenvalue weighted by Crippen LogP contribution is -2.01. The van der Waals surface area contributed by atoms with Crippen LogP contribution in [0.4, 0.5) is 0 Å². The molecule has 0 aliphatic carbocycles. The molecule has 1 unspecified atom stereocenters. The van der Waals surface area contributed by atoms with Gasteiger partial charge in [-0.1, -0.05) is 11.6 Å². The third kappa shape index (κ3) is 3.71. The third-order valence-corrected chi connectivity index (χ3v) is 4.85. The monoisotopic (exact) mass is 284 g/mol. The lowest BCUT2D eigenvalue weighted by molar-refractivity contribution is 0.835. The summed E-state index contributed by atoms with van der Waals surface area (Å²) in [5.41, 5.74) is 5.80. The van der Waals surface area contributed by atoms with Crippen molar-refractivity contribution in [2.45, 2.75) is 23.6 Å². The van der Waals surface area contributed by atoms with Crippen LogP contribution in [0.1, 0.15) is 22.9 Å². The SMILES string of the molecule is CC(N)c1cnc(CSc2ccc(Cl)cc2)s1. The summed E-state index contributed by atoms with van der Waals surface area (Å²) < 4.78 is 0. The van der Waals surface area contributed by atoms with E-state index in [9.17, 15) is 0 Å². The molecule has 0 fully saturated rings. The maximum atomic E-state index is 5.83. The Balaban J connectivity index is 1.95. The van der Waals surface area contributed by atoms with E-state index >= 15 is 0 Å². The van der Waals surface area contributed by atoms with Gasteiger partial charge in [0.1, 0.15) is 5.01 Å². The third-order valence-electron chi connectivity index (χ3n) is 2.20. The van der Waals surface area contributed by atoms with Crippen molar-refractivity contribution in [3.05, 3.63) is 45.4 Å². The minimum Gasteiger partial charge on any atom is -0.323 e. The zero-order chi connectivity index (χ0) is 12.3. The van der Waals surface area contributed by atoms with E-state index in [-0.39, 0.29) is 6.04 Å². The van der Waals surface area contributed by atoms with E-state index in [0.717, 1.165) is 20.7 Å². The van der Waals surface area contributed by atoms with E-state index in [1.54, 1.807) is 23.1 Å². The summed E-state index contributed by atoms with van der Waals surface area (Å²) >= 11 is 9.27. The molecule has 1 heterocycles. The highest BCUT2D eigenvalue weighted by Crippen LogP contribution is 2.27. The highest BCUT2D eigenvalue weighted by molar-refractivity contribution is 7.98. The molecule has 1 atom stereocenters. The Hall–Kier alpha value is -0.550. The standard InChI is InChI=1S/C12H13ClN2S2/c1-8(14)11-6-15-12(17-11)7-16-10-4-2-9(13)3-5-10/h2-6,8H,7,14H2,1H3. The van der Waals surface area contributed by atoms with Gasteiger partial charge in [-0.3, -0.25) is 0 Å². The molecule has 0 bridgehead atoms. The number of nitrogens with two attached hydrogens (primary N) is 1. The average Bonchev–Trinajstić information content (AvgIpc) is 2.77. The maximum Gasteiger partial charge on any atom is 0.103 e. The van der Waals surface area contributed by atoms with Crippen LogP contribution in [0, 0.1) is 0 Å². The molecule has 0 radical (unpaired) electrons. The Morgan fingerprint density at radius 1 is 1.41 bits per heavy atom. The normalized spacial score (nSPS) is 12.6. The first-order chi connectivity index (χ1) is 8.15.